The molecule has 0 bridgehead atoms. The van der Waals surface area contributed by atoms with Crippen molar-refractivity contribution in [2.75, 3.05) is 11.5 Å². The van der Waals surface area contributed by atoms with E-state index in [-0.39, 0.29) is 0 Å². The monoisotopic (exact) mass is 196 g/mol. The first-order valence-corrected chi connectivity index (χ1v) is 5.34. The Bertz CT molecular complexity index is 144. The normalized spacial score (nSPS) is 28.5. The molecule has 0 radical (unpaired) electrons. The molecule has 0 aromatic rings. The van der Waals surface area contributed by atoms with Crippen molar-refractivity contribution in [1.29, 1.82) is 0 Å². The zero-order valence-electron chi connectivity index (χ0n) is 7.09. The van der Waals surface area contributed by atoms with Crippen LogP contribution in [0.25, 0.3) is 0 Å². The summed E-state index contributed by atoms with van der Waals surface area (Å²) in [4.78, 5) is 0. The van der Waals surface area contributed by atoms with E-state index in [2.05, 4.69) is 0 Å². The molecule has 0 spiro atoms. The second kappa shape index (κ2) is 3.92. The summed E-state index contributed by atoms with van der Waals surface area (Å²) < 4.78 is 26.3. The van der Waals surface area contributed by atoms with Gasteiger partial charge in [-0.2, -0.15) is 11.8 Å². The number of halogens is 2. The molecule has 12 heavy (non-hydrogen) atoms. The Kier molecular flexibility index (Phi) is 3.35. The van der Waals surface area contributed by atoms with E-state index in [0.717, 1.165) is 12.2 Å². The zero-order chi connectivity index (χ0) is 9.19. The number of aliphatic hydroxyl groups excluding tert-OH is 1. The van der Waals surface area contributed by atoms with Crippen LogP contribution >= 0.6 is 11.8 Å². The number of hydrogen-bond acceptors (Lipinski definition) is 2. The average Bonchev–Trinajstić information content (AvgIpc) is 2.06. The van der Waals surface area contributed by atoms with Crippen molar-refractivity contribution in [3.8, 4) is 0 Å². The van der Waals surface area contributed by atoms with Crippen LogP contribution in [0.15, 0.2) is 0 Å². The fraction of sp³-hybridized carbons (Fsp3) is 1.00. The summed E-state index contributed by atoms with van der Waals surface area (Å²) in [6.07, 6.45) is -0.121. The molecular formula is C8H14F2OS. The van der Waals surface area contributed by atoms with Gasteiger partial charge in [0, 0.05) is 11.7 Å². The van der Waals surface area contributed by atoms with E-state index in [1.165, 1.54) is 6.92 Å². The van der Waals surface area contributed by atoms with Crippen LogP contribution in [0.3, 0.4) is 0 Å². The van der Waals surface area contributed by atoms with E-state index < -0.39 is 17.9 Å². The molecule has 72 valence electrons. The first-order chi connectivity index (χ1) is 5.55. The molecule has 2 unspecified atom stereocenters. The molecule has 1 saturated heterocycles. The lowest BCUT2D eigenvalue weighted by molar-refractivity contribution is -0.136. The fourth-order valence-electron chi connectivity index (χ4n) is 1.39. The minimum Gasteiger partial charge on any atom is -0.387 e. The molecule has 1 fully saturated rings. The van der Waals surface area contributed by atoms with Crippen LogP contribution in [0.1, 0.15) is 19.8 Å². The van der Waals surface area contributed by atoms with Gasteiger partial charge < -0.3 is 5.11 Å². The van der Waals surface area contributed by atoms with Crippen LogP contribution in [0.4, 0.5) is 8.78 Å². The van der Waals surface area contributed by atoms with Crippen molar-refractivity contribution in [2.24, 2.45) is 5.92 Å². The Morgan fingerprint density at radius 3 is 2.67 bits per heavy atom. The van der Waals surface area contributed by atoms with Crippen molar-refractivity contribution in [3.05, 3.63) is 0 Å². The molecule has 1 nitrogen and oxygen atoms in total. The number of alkyl halides is 2. The highest BCUT2D eigenvalue weighted by Gasteiger charge is 2.44. The van der Waals surface area contributed by atoms with Crippen LogP contribution in [0, 0.1) is 5.92 Å². The third kappa shape index (κ3) is 2.10. The van der Waals surface area contributed by atoms with Crippen molar-refractivity contribution in [2.45, 2.75) is 31.8 Å². The molecule has 1 aliphatic heterocycles. The molecule has 0 amide bonds. The van der Waals surface area contributed by atoms with Crippen LogP contribution in [0.2, 0.25) is 0 Å². The topological polar surface area (TPSA) is 20.2 Å². The van der Waals surface area contributed by atoms with Gasteiger partial charge in [-0.25, -0.2) is 8.78 Å². The molecule has 0 saturated carbocycles. The largest absolute Gasteiger partial charge is 0.387 e. The SMILES string of the molecule is CC(O)C(F)(F)C1CCCSC1. The Balaban J connectivity index is 2.53. The maximum absolute atomic E-state index is 13.2. The summed E-state index contributed by atoms with van der Waals surface area (Å²) in [5.74, 6) is -2.06. The Morgan fingerprint density at radius 1 is 1.58 bits per heavy atom. The van der Waals surface area contributed by atoms with Crippen molar-refractivity contribution in [3.63, 3.8) is 0 Å². The van der Waals surface area contributed by atoms with Gasteiger partial charge in [0.15, 0.2) is 0 Å². The predicted molar refractivity (Wildman–Crippen MR) is 46.7 cm³/mol. The van der Waals surface area contributed by atoms with Crippen molar-refractivity contribution < 1.29 is 13.9 Å². The summed E-state index contributed by atoms with van der Waals surface area (Å²) in [6.45, 7) is 1.17. The van der Waals surface area contributed by atoms with Gasteiger partial charge in [-0.1, -0.05) is 0 Å². The smallest absolute Gasteiger partial charge is 0.276 e. The molecule has 0 aromatic heterocycles. The molecule has 4 heteroatoms. The number of thioether (sulfide) groups is 1. The van der Waals surface area contributed by atoms with Gasteiger partial charge in [0.25, 0.3) is 5.92 Å². The molecule has 1 N–H and O–H groups in total. The standard InChI is InChI=1S/C8H14F2OS/c1-6(11)8(9,10)7-3-2-4-12-5-7/h6-7,11H,2-5H2,1H3. The van der Waals surface area contributed by atoms with E-state index in [0.29, 0.717) is 12.2 Å². The molecule has 0 aromatic carbocycles. The summed E-state index contributed by atoms with van der Waals surface area (Å²) in [5, 5.41) is 8.87. The van der Waals surface area contributed by atoms with Gasteiger partial charge in [0.05, 0.1) is 0 Å². The highest BCUT2D eigenvalue weighted by Crippen LogP contribution is 2.37. The lowest BCUT2D eigenvalue weighted by atomic mass is 9.94. The van der Waals surface area contributed by atoms with Crippen molar-refractivity contribution >= 4 is 11.8 Å². The van der Waals surface area contributed by atoms with Gasteiger partial charge in [-0.05, 0) is 25.5 Å². The van der Waals surface area contributed by atoms with E-state index >= 15 is 0 Å². The van der Waals surface area contributed by atoms with Crippen molar-refractivity contribution in [1.82, 2.24) is 0 Å². The Labute approximate surface area is 75.5 Å². The summed E-state index contributed by atoms with van der Waals surface area (Å²) in [7, 11) is 0. The van der Waals surface area contributed by atoms with Gasteiger partial charge in [-0.3, -0.25) is 0 Å². The molecule has 1 heterocycles. The third-order valence-electron chi connectivity index (χ3n) is 2.26. The summed E-state index contributed by atoms with van der Waals surface area (Å²) in [5.41, 5.74) is 0. The first-order valence-electron chi connectivity index (χ1n) is 4.18. The summed E-state index contributed by atoms with van der Waals surface area (Å²) >= 11 is 1.56. The summed E-state index contributed by atoms with van der Waals surface area (Å²) in [6, 6.07) is 0. The van der Waals surface area contributed by atoms with Crippen LogP contribution in [-0.2, 0) is 0 Å². The van der Waals surface area contributed by atoms with E-state index in [1.807, 2.05) is 0 Å². The van der Waals surface area contributed by atoms with Crippen LogP contribution in [-0.4, -0.2) is 28.6 Å². The van der Waals surface area contributed by atoms with Gasteiger partial charge in [0.1, 0.15) is 6.10 Å². The average molecular weight is 196 g/mol. The predicted octanol–water partition coefficient (Wildman–Crippen LogP) is 2.15. The van der Waals surface area contributed by atoms with Gasteiger partial charge >= 0.3 is 0 Å². The number of aliphatic hydroxyl groups is 1. The second-order valence-electron chi connectivity index (χ2n) is 3.26. The molecule has 0 aliphatic carbocycles. The molecular weight excluding hydrogens is 182 g/mol. The maximum atomic E-state index is 13.2. The highest BCUT2D eigenvalue weighted by molar-refractivity contribution is 7.99. The number of hydrogen-bond donors (Lipinski definition) is 1. The van der Waals surface area contributed by atoms with Gasteiger partial charge in [0.2, 0.25) is 0 Å². The Hall–Kier alpha value is 0.170. The van der Waals surface area contributed by atoms with Crippen LogP contribution in [0.5, 0.6) is 0 Å². The second-order valence-corrected chi connectivity index (χ2v) is 4.41. The van der Waals surface area contributed by atoms with Gasteiger partial charge in [-0.15, -0.1) is 0 Å². The minimum atomic E-state index is -2.90. The molecule has 1 aliphatic rings. The fourth-order valence-corrected chi connectivity index (χ4v) is 2.60. The first kappa shape index (κ1) is 10.3. The lowest BCUT2D eigenvalue weighted by Gasteiger charge is -2.31. The Morgan fingerprint density at radius 2 is 2.25 bits per heavy atom. The third-order valence-corrected chi connectivity index (χ3v) is 3.48. The zero-order valence-corrected chi connectivity index (χ0v) is 7.91. The number of rotatable bonds is 2. The minimum absolute atomic E-state index is 0.484. The lowest BCUT2D eigenvalue weighted by Crippen LogP contribution is -2.41. The van der Waals surface area contributed by atoms with E-state index in [4.69, 9.17) is 5.11 Å². The maximum Gasteiger partial charge on any atom is 0.276 e. The molecule has 2 atom stereocenters. The van der Waals surface area contributed by atoms with E-state index in [1.54, 1.807) is 11.8 Å². The highest BCUT2D eigenvalue weighted by atomic mass is 32.2. The van der Waals surface area contributed by atoms with E-state index in [9.17, 15) is 8.78 Å². The molecule has 1 rings (SSSR count). The van der Waals surface area contributed by atoms with Crippen LogP contribution < -0.4 is 0 Å². The quantitative estimate of drug-likeness (QED) is 0.730.